The fourth-order valence-electron chi connectivity index (χ4n) is 2.50. The van der Waals surface area contributed by atoms with Crippen molar-refractivity contribution < 1.29 is 22.9 Å². The minimum atomic E-state index is -3.80. The van der Waals surface area contributed by atoms with E-state index in [0.717, 1.165) is 24.1 Å². The van der Waals surface area contributed by atoms with Gasteiger partial charge in [0.05, 0.1) is 16.2 Å². The van der Waals surface area contributed by atoms with E-state index in [2.05, 4.69) is 5.10 Å². The largest absolute Gasteiger partial charge is 0.457 e. The summed E-state index contributed by atoms with van der Waals surface area (Å²) in [7, 11) is -3.80. The Hall–Kier alpha value is -3.53. The molecule has 0 amide bonds. The van der Waals surface area contributed by atoms with Crippen LogP contribution in [0.1, 0.15) is 15.9 Å². The Labute approximate surface area is 160 Å². The molecular formula is C18H15N3O6S. The molecule has 0 fully saturated rings. The summed E-state index contributed by atoms with van der Waals surface area (Å²) in [5, 5.41) is 15.2. The SMILES string of the molecule is CS(=O)(=O)c1ccc(C(=O)OCc2ccc(-n3cccn3)cc2)cc1[N+](=O)[O-]. The molecule has 28 heavy (non-hydrogen) atoms. The van der Waals surface area contributed by atoms with Gasteiger partial charge >= 0.3 is 5.97 Å². The lowest BCUT2D eigenvalue weighted by Crippen LogP contribution is -2.08. The van der Waals surface area contributed by atoms with E-state index < -0.39 is 31.3 Å². The van der Waals surface area contributed by atoms with Gasteiger partial charge in [-0.25, -0.2) is 17.9 Å². The number of carbonyl (C=O) groups excluding carboxylic acids is 1. The molecule has 0 aliphatic heterocycles. The highest BCUT2D eigenvalue weighted by Crippen LogP contribution is 2.25. The number of nitro groups is 1. The zero-order valence-electron chi connectivity index (χ0n) is 14.7. The van der Waals surface area contributed by atoms with Crippen LogP contribution in [0.2, 0.25) is 0 Å². The molecule has 0 saturated heterocycles. The Balaban J connectivity index is 1.73. The predicted octanol–water partition coefficient (Wildman–Crippen LogP) is 2.54. The van der Waals surface area contributed by atoms with Crippen LogP contribution in [0, 0.1) is 10.1 Å². The Kier molecular flexibility index (Phi) is 5.23. The van der Waals surface area contributed by atoms with Gasteiger partial charge in [-0.1, -0.05) is 12.1 Å². The van der Waals surface area contributed by atoms with Crippen molar-refractivity contribution in [2.45, 2.75) is 11.5 Å². The second kappa shape index (κ2) is 7.61. The smallest absolute Gasteiger partial charge is 0.338 e. The molecule has 0 N–H and O–H groups in total. The van der Waals surface area contributed by atoms with Gasteiger partial charge in [-0.2, -0.15) is 5.10 Å². The van der Waals surface area contributed by atoms with Crippen LogP contribution in [0.4, 0.5) is 5.69 Å². The van der Waals surface area contributed by atoms with Crippen LogP contribution in [0.15, 0.2) is 65.8 Å². The lowest BCUT2D eigenvalue weighted by Gasteiger charge is -2.07. The monoisotopic (exact) mass is 401 g/mol. The molecule has 1 aromatic heterocycles. The standard InChI is InChI=1S/C18H15N3O6S/c1-28(25,26)17-8-5-14(11-16(17)21(23)24)18(22)27-12-13-3-6-15(7-4-13)20-10-2-9-19-20/h2-11H,12H2,1H3. The third-order valence-electron chi connectivity index (χ3n) is 3.87. The Morgan fingerprint density at radius 1 is 1.21 bits per heavy atom. The predicted molar refractivity (Wildman–Crippen MR) is 98.9 cm³/mol. The van der Waals surface area contributed by atoms with Crippen molar-refractivity contribution in [3.05, 3.63) is 82.2 Å². The maximum atomic E-state index is 12.2. The first-order valence-corrected chi connectivity index (χ1v) is 9.89. The molecule has 144 valence electrons. The summed E-state index contributed by atoms with van der Waals surface area (Å²) in [6, 6.07) is 12.1. The maximum absolute atomic E-state index is 12.2. The number of nitro benzene ring substituents is 1. The number of benzene rings is 2. The van der Waals surface area contributed by atoms with E-state index in [0.29, 0.717) is 5.56 Å². The average Bonchev–Trinajstić information content (AvgIpc) is 3.20. The first-order valence-electron chi connectivity index (χ1n) is 8.00. The molecule has 3 rings (SSSR count). The number of aromatic nitrogens is 2. The average molecular weight is 401 g/mol. The molecule has 1 heterocycles. The minimum Gasteiger partial charge on any atom is -0.457 e. The van der Waals surface area contributed by atoms with E-state index >= 15 is 0 Å². The normalized spacial score (nSPS) is 11.2. The maximum Gasteiger partial charge on any atom is 0.338 e. The minimum absolute atomic E-state index is 0.0418. The van der Waals surface area contributed by atoms with Gasteiger partial charge < -0.3 is 4.74 Å². The van der Waals surface area contributed by atoms with Crippen molar-refractivity contribution >= 4 is 21.5 Å². The molecule has 9 nitrogen and oxygen atoms in total. The Bertz CT molecular complexity index is 1120. The molecule has 0 aliphatic carbocycles. The zero-order valence-corrected chi connectivity index (χ0v) is 15.5. The molecule has 0 unspecified atom stereocenters. The number of ether oxygens (including phenoxy) is 1. The van der Waals surface area contributed by atoms with Gasteiger partial charge in [0.2, 0.25) is 0 Å². The van der Waals surface area contributed by atoms with Crippen molar-refractivity contribution in [3.63, 3.8) is 0 Å². The summed E-state index contributed by atoms with van der Waals surface area (Å²) in [6.07, 6.45) is 4.31. The van der Waals surface area contributed by atoms with Crippen molar-refractivity contribution in [1.82, 2.24) is 9.78 Å². The van der Waals surface area contributed by atoms with E-state index in [4.69, 9.17) is 4.74 Å². The summed E-state index contributed by atoms with van der Waals surface area (Å²) < 4.78 is 30.1. The van der Waals surface area contributed by atoms with Crippen molar-refractivity contribution in [2.75, 3.05) is 6.26 Å². The van der Waals surface area contributed by atoms with Crippen LogP contribution in [-0.2, 0) is 21.2 Å². The van der Waals surface area contributed by atoms with E-state index in [-0.39, 0.29) is 12.2 Å². The number of esters is 1. The van der Waals surface area contributed by atoms with Crippen LogP contribution in [0.3, 0.4) is 0 Å². The molecule has 10 heteroatoms. The van der Waals surface area contributed by atoms with Crippen molar-refractivity contribution in [2.24, 2.45) is 0 Å². The molecular weight excluding hydrogens is 386 g/mol. The second-order valence-electron chi connectivity index (χ2n) is 5.90. The lowest BCUT2D eigenvalue weighted by atomic mass is 10.2. The molecule has 2 aromatic carbocycles. The Morgan fingerprint density at radius 3 is 2.50 bits per heavy atom. The first kappa shape index (κ1) is 19.2. The third kappa shape index (κ3) is 4.23. The second-order valence-corrected chi connectivity index (χ2v) is 7.89. The molecule has 0 radical (unpaired) electrons. The van der Waals surface area contributed by atoms with Crippen molar-refractivity contribution in [1.29, 1.82) is 0 Å². The van der Waals surface area contributed by atoms with E-state index in [1.54, 1.807) is 35.3 Å². The van der Waals surface area contributed by atoms with Crippen LogP contribution in [0.25, 0.3) is 5.69 Å². The summed E-state index contributed by atoms with van der Waals surface area (Å²) in [5.41, 5.74) is 0.784. The topological polar surface area (TPSA) is 121 Å². The number of rotatable bonds is 6. The van der Waals surface area contributed by atoms with Gasteiger partial charge in [0.25, 0.3) is 5.69 Å². The quantitative estimate of drug-likeness (QED) is 0.353. The molecule has 0 aliphatic rings. The number of hydrogen-bond donors (Lipinski definition) is 0. The van der Waals surface area contributed by atoms with Gasteiger partial charge in [-0.3, -0.25) is 10.1 Å². The van der Waals surface area contributed by atoms with E-state index in [1.165, 1.54) is 6.07 Å². The lowest BCUT2D eigenvalue weighted by molar-refractivity contribution is -0.387. The summed E-state index contributed by atoms with van der Waals surface area (Å²) >= 11 is 0. The molecule has 3 aromatic rings. The highest BCUT2D eigenvalue weighted by molar-refractivity contribution is 7.90. The van der Waals surface area contributed by atoms with Crippen LogP contribution in [0.5, 0.6) is 0 Å². The van der Waals surface area contributed by atoms with Gasteiger partial charge in [0, 0.05) is 24.7 Å². The fraction of sp³-hybridized carbons (Fsp3) is 0.111. The number of carbonyl (C=O) groups is 1. The Morgan fingerprint density at radius 2 is 1.93 bits per heavy atom. The number of hydrogen-bond acceptors (Lipinski definition) is 7. The number of sulfone groups is 1. The van der Waals surface area contributed by atoms with Crippen LogP contribution >= 0.6 is 0 Å². The molecule has 0 saturated carbocycles. The summed E-state index contributed by atoms with van der Waals surface area (Å²) in [6.45, 7) is -0.0418. The van der Waals surface area contributed by atoms with Gasteiger partial charge in [0.15, 0.2) is 9.84 Å². The van der Waals surface area contributed by atoms with E-state index in [1.807, 2.05) is 12.1 Å². The first-order chi connectivity index (χ1) is 13.3. The summed E-state index contributed by atoms with van der Waals surface area (Å²) in [4.78, 5) is 22.0. The van der Waals surface area contributed by atoms with Gasteiger partial charge in [0.1, 0.15) is 11.5 Å². The van der Waals surface area contributed by atoms with Crippen molar-refractivity contribution in [3.8, 4) is 5.69 Å². The zero-order chi connectivity index (χ0) is 20.3. The highest BCUT2D eigenvalue weighted by Gasteiger charge is 2.24. The fourth-order valence-corrected chi connectivity index (χ4v) is 3.33. The molecule has 0 spiro atoms. The number of nitrogens with zero attached hydrogens (tertiary/aromatic N) is 3. The van der Waals surface area contributed by atoms with Crippen LogP contribution in [-0.4, -0.2) is 35.3 Å². The molecule has 0 atom stereocenters. The van der Waals surface area contributed by atoms with Gasteiger partial charge in [-0.05, 0) is 35.9 Å². The molecule has 0 bridgehead atoms. The van der Waals surface area contributed by atoms with Crippen LogP contribution < -0.4 is 0 Å². The third-order valence-corrected chi connectivity index (χ3v) is 5.01. The summed E-state index contributed by atoms with van der Waals surface area (Å²) in [5.74, 6) is -0.792. The highest BCUT2D eigenvalue weighted by atomic mass is 32.2. The van der Waals surface area contributed by atoms with Gasteiger partial charge in [-0.15, -0.1) is 0 Å². The van der Waals surface area contributed by atoms with E-state index in [9.17, 15) is 23.3 Å².